The minimum Gasteiger partial charge on any atom is -0.388 e. The summed E-state index contributed by atoms with van der Waals surface area (Å²) in [7, 11) is 0. The number of hydrogen-bond acceptors (Lipinski definition) is 4. The number of likely N-dealkylation sites (tertiary alicyclic amines) is 1. The first kappa shape index (κ1) is 11.0. The maximum Gasteiger partial charge on any atom is 0.272 e. The van der Waals surface area contributed by atoms with E-state index in [1.165, 1.54) is 17.0 Å². The fourth-order valence-corrected chi connectivity index (χ4v) is 1.62. The van der Waals surface area contributed by atoms with E-state index in [0.29, 0.717) is 0 Å². The maximum absolute atomic E-state index is 12.8. The highest BCUT2D eigenvalue weighted by molar-refractivity contribution is 5.92. The molecular formula is C10H11FN2O3. The van der Waals surface area contributed by atoms with Gasteiger partial charge in [0.05, 0.1) is 12.2 Å². The van der Waals surface area contributed by atoms with Gasteiger partial charge in [0.1, 0.15) is 5.69 Å². The normalized spacial score (nSPS) is 24.8. The third kappa shape index (κ3) is 2.02. The summed E-state index contributed by atoms with van der Waals surface area (Å²) in [6.07, 6.45) is -1.89. The van der Waals surface area contributed by atoms with E-state index in [4.69, 9.17) is 0 Å². The third-order valence-corrected chi connectivity index (χ3v) is 2.48. The zero-order chi connectivity index (χ0) is 11.7. The number of amides is 1. The molecule has 2 atom stereocenters. The van der Waals surface area contributed by atoms with Crippen molar-refractivity contribution in [3.05, 3.63) is 29.8 Å². The Kier molecular flexibility index (Phi) is 2.84. The molecule has 0 spiro atoms. The van der Waals surface area contributed by atoms with Crippen molar-refractivity contribution in [3.63, 3.8) is 0 Å². The van der Waals surface area contributed by atoms with Crippen LogP contribution in [0.1, 0.15) is 10.5 Å². The van der Waals surface area contributed by atoms with Crippen LogP contribution in [0.4, 0.5) is 4.39 Å². The molecule has 16 heavy (non-hydrogen) atoms. The van der Waals surface area contributed by atoms with Crippen LogP contribution in [0.25, 0.3) is 0 Å². The Hall–Kier alpha value is -1.53. The molecule has 1 saturated heterocycles. The molecule has 0 aromatic carbocycles. The highest BCUT2D eigenvalue weighted by atomic mass is 19.1. The van der Waals surface area contributed by atoms with Crippen molar-refractivity contribution in [1.82, 2.24) is 9.88 Å². The van der Waals surface area contributed by atoms with Gasteiger partial charge in [-0.2, -0.15) is 4.39 Å². The molecule has 6 heteroatoms. The van der Waals surface area contributed by atoms with Gasteiger partial charge in [-0.05, 0) is 12.1 Å². The van der Waals surface area contributed by atoms with E-state index >= 15 is 0 Å². The summed E-state index contributed by atoms with van der Waals surface area (Å²) in [5, 5.41) is 18.6. The molecule has 1 aromatic rings. The molecule has 0 bridgehead atoms. The van der Waals surface area contributed by atoms with Gasteiger partial charge in [-0.15, -0.1) is 0 Å². The molecule has 0 saturated carbocycles. The average Bonchev–Trinajstić information content (AvgIpc) is 2.58. The van der Waals surface area contributed by atoms with Gasteiger partial charge in [-0.1, -0.05) is 6.07 Å². The summed E-state index contributed by atoms with van der Waals surface area (Å²) in [6.45, 7) is 0.0797. The van der Waals surface area contributed by atoms with Crippen molar-refractivity contribution in [2.75, 3.05) is 13.1 Å². The number of aliphatic hydroxyl groups is 2. The van der Waals surface area contributed by atoms with Crippen LogP contribution in [-0.4, -0.2) is 51.3 Å². The Morgan fingerprint density at radius 2 is 2.00 bits per heavy atom. The molecule has 2 heterocycles. The van der Waals surface area contributed by atoms with Gasteiger partial charge in [0.15, 0.2) is 0 Å². The van der Waals surface area contributed by atoms with E-state index in [1.807, 2.05) is 0 Å². The lowest BCUT2D eigenvalue weighted by Crippen LogP contribution is -2.30. The van der Waals surface area contributed by atoms with E-state index in [9.17, 15) is 19.4 Å². The van der Waals surface area contributed by atoms with Crippen LogP contribution in [0, 0.1) is 5.95 Å². The van der Waals surface area contributed by atoms with E-state index in [-0.39, 0.29) is 18.8 Å². The Bertz CT molecular complexity index is 403. The van der Waals surface area contributed by atoms with Crippen LogP contribution < -0.4 is 0 Å². The Balaban J connectivity index is 2.14. The van der Waals surface area contributed by atoms with Gasteiger partial charge in [0, 0.05) is 13.1 Å². The molecule has 1 fully saturated rings. The summed E-state index contributed by atoms with van der Waals surface area (Å²) in [5.74, 6) is -1.22. The van der Waals surface area contributed by atoms with E-state index in [0.717, 1.165) is 6.07 Å². The Morgan fingerprint density at radius 3 is 2.56 bits per heavy atom. The topological polar surface area (TPSA) is 73.7 Å². The fourth-order valence-electron chi connectivity index (χ4n) is 1.62. The van der Waals surface area contributed by atoms with Crippen molar-refractivity contribution in [2.45, 2.75) is 12.2 Å². The van der Waals surface area contributed by atoms with Crippen LogP contribution in [-0.2, 0) is 0 Å². The first-order valence-electron chi connectivity index (χ1n) is 4.86. The molecule has 86 valence electrons. The predicted octanol–water partition coefficient (Wildman–Crippen LogP) is -0.602. The highest BCUT2D eigenvalue weighted by Gasteiger charge is 2.33. The second-order valence-electron chi connectivity index (χ2n) is 3.69. The summed E-state index contributed by atoms with van der Waals surface area (Å²) in [5.41, 5.74) is -0.0266. The third-order valence-electron chi connectivity index (χ3n) is 2.48. The number of β-amino-alcohol motifs (C(OH)–C–C–N with tert-alkyl or cyclic N) is 2. The number of halogens is 1. The van der Waals surface area contributed by atoms with Gasteiger partial charge in [-0.3, -0.25) is 4.79 Å². The Morgan fingerprint density at radius 1 is 1.38 bits per heavy atom. The fraction of sp³-hybridized carbons (Fsp3) is 0.400. The summed E-state index contributed by atoms with van der Waals surface area (Å²) < 4.78 is 12.8. The number of nitrogens with zero attached hydrogens (tertiary/aromatic N) is 2. The first-order chi connectivity index (χ1) is 7.58. The lowest BCUT2D eigenvalue weighted by molar-refractivity contribution is 0.0572. The summed E-state index contributed by atoms with van der Waals surface area (Å²) in [4.78, 5) is 16.5. The van der Waals surface area contributed by atoms with Gasteiger partial charge < -0.3 is 15.1 Å². The number of aliphatic hydroxyl groups excluding tert-OH is 2. The van der Waals surface area contributed by atoms with Gasteiger partial charge in [-0.25, -0.2) is 4.98 Å². The molecule has 1 aromatic heterocycles. The number of carbonyl (C=O) groups is 1. The zero-order valence-electron chi connectivity index (χ0n) is 8.38. The quantitative estimate of drug-likeness (QED) is 0.627. The van der Waals surface area contributed by atoms with Crippen molar-refractivity contribution in [1.29, 1.82) is 0 Å². The molecule has 2 unspecified atom stereocenters. The smallest absolute Gasteiger partial charge is 0.272 e. The van der Waals surface area contributed by atoms with Crippen molar-refractivity contribution in [2.24, 2.45) is 0 Å². The first-order valence-corrected chi connectivity index (χ1v) is 4.86. The van der Waals surface area contributed by atoms with Crippen molar-refractivity contribution < 1.29 is 19.4 Å². The number of hydrogen-bond donors (Lipinski definition) is 2. The standard InChI is InChI=1S/C10H11FN2O3/c11-9-3-1-2-6(12-9)10(16)13-4-7(14)8(15)5-13/h1-3,7-8,14-15H,4-5H2. The second-order valence-corrected chi connectivity index (χ2v) is 3.69. The minimum atomic E-state index is -0.947. The molecule has 1 aliphatic heterocycles. The van der Waals surface area contributed by atoms with E-state index in [2.05, 4.69) is 4.98 Å². The number of aromatic nitrogens is 1. The summed E-state index contributed by atoms with van der Waals surface area (Å²) in [6, 6.07) is 3.92. The maximum atomic E-state index is 12.8. The highest BCUT2D eigenvalue weighted by Crippen LogP contribution is 2.13. The molecular weight excluding hydrogens is 215 g/mol. The summed E-state index contributed by atoms with van der Waals surface area (Å²) >= 11 is 0. The molecule has 1 amide bonds. The molecule has 2 rings (SSSR count). The lowest BCUT2D eigenvalue weighted by atomic mass is 10.3. The molecule has 0 radical (unpaired) electrons. The zero-order valence-corrected chi connectivity index (χ0v) is 8.38. The Labute approximate surface area is 91.1 Å². The average molecular weight is 226 g/mol. The van der Waals surface area contributed by atoms with Crippen LogP contribution in [0.2, 0.25) is 0 Å². The van der Waals surface area contributed by atoms with Crippen LogP contribution in [0.15, 0.2) is 18.2 Å². The predicted molar refractivity (Wildman–Crippen MR) is 52.1 cm³/mol. The number of carbonyl (C=O) groups excluding carboxylic acids is 1. The van der Waals surface area contributed by atoms with E-state index < -0.39 is 24.1 Å². The molecule has 1 aliphatic rings. The lowest BCUT2D eigenvalue weighted by Gasteiger charge is -2.14. The molecule has 2 N–H and O–H groups in total. The van der Waals surface area contributed by atoms with Crippen LogP contribution in [0.3, 0.4) is 0 Å². The SMILES string of the molecule is O=C(c1cccc(F)n1)N1CC(O)C(O)C1. The van der Waals surface area contributed by atoms with Crippen molar-refractivity contribution >= 4 is 5.91 Å². The molecule has 5 nitrogen and oxygen atoms in total. The van der Waals surface area contributed by atoms with Crippen molar-refractivity contribution in [3.8, 4) is 0 Å². The molecule has 0 aliphatic carbocycles. The largest absolute Gasteiger partial charge is 0.388 e. The number of rotatable bonds is 1. The minimum absolute atomic E-state index is 0.0266. The number of pyridine rings is 1. The van der Waals surface area contributed by atoms with Gasteiger partial charge in [0.25, 0.3) is 5.91 Å². The van der Waals surface area contributed by atoms with E-state index in [1.54, 1.807) is 0 Å². The van der Waals surface area contributed by atoms with Crippen LogP contribution >= 0.6 is 0 Å². The van der Waals surface area contributed by atoms with Gasteiger partial charge >= 0.3 is 0 Å². The monoisotopic (exact) mass is 226 g/mol. The van der Waals surface area contributed by atoms with Crippen LogP contribution in [0.5, 0.6) is 0 Å². The van der Waals surface area contributed by atoms with Gasteiger partial charge in [0.2, 0.25) is 5.95 Å². The second kappa shape index (κ2) is 4.15.